The zero-order valence-electron chi connectivity index (χ0n) is 12.5. The first-order valence-corrected chi connectivity index (χ1v) is 7.32. The van der Waals surface area contributed by atoms with E-state index < -0.39 is 5.97 Å². The van der Waals surface area contributed by atoms with E-state index in [1.165, 1.54) is 0 Å². The summed E-state index contributed by atoms with van der Waals surface area (Å²) in [4.78, 5) is 11.2. The molecule has 1 aliphatic rings. The van der Waals surface area contributed by atoms with E-state index in [0.29, 0.717) is 0 Å². The zero-order chi connectivity index (χ0) is 15.1. The third kappa shape index (κ3) is 2.85. The van der Waals surface area contributed by atoms with Gasteiger partial charge in [-0.15, -0.1) is 11.4 Å². The van der Waals surface area contributed by atoms with Gasteiger partial charge in [0.25, 0.3) is 0 Å². The Labute approximate surface area is 158 Å². The van der Waals surface area contributed by atoms with Gasteiger partial charge in [0, 0.05) is 55.9 Å². The van der Waals surface area contributed by atoms with E-state index in [0.717, 1.165) is 41.5 Å². The Bertz CT molecular complexity index is 841. The molecule has 23 heavy (non-hydrogen) atoms. The molecule has 0 fully saturated rings. The third-order valence-electron chi connectivity index (χ3n) is 4.40. The van der Waals surface area contributed by atoms with Crippen LogP contribution in [0.25, 0.3) is 10.9 Å². The van der Waals surface area contributed by atoms with Crippen molar-refractivity contribution in [3.63, 3.8) is 0 Å². The molecule has 4 rings (SSSR count). The van der Waals surface area contributed by atoms with E-state index in [1.807, 2.05) is 22.9 Å². The molecule has 0 saturated carbocycles. The van der Waals surface area contributed by atoms with Crippen LogP contribution < -0.4 is 0 Å². The van der Waals surface area contributed by atoms with Crippen molar-refractivity contribution in [3.05, 3.63) is 47.9 Å². The van der Waals surface area contributed by atoms with Crippen LogP contribution in [0, 0.1) is 6.20 Å². The van der Waals surface area contributed by atoms with Crippen molar-refractivity contribution in [1.82, 2.24) is 19.6 Å². The molecule has 1 unspecified atom stereocenters. The molecule has 1 atom stereocenters. The Kier molecular flexibility index (Phi) is 4.64. The summed E-state index contributed by atoms with van der Waals surface area (Å²) in [5, 5.41) is 18.1. The first kappa shape index (κ1) is 16.3. The minimum atomic E-state index is -0.785. The standard InChI is InChI=1S/C16H15N4O2.Y/c21-16(22)9-13-12-3-1-2-4-14(12)19-10-11(5-6-15(13)19)20-8-7-17-18-20;/h1-4,8,11H,5-6,9-10H2,(H,21,22);/q-1;. The molecule has 0 aliphatic carbocycles. The number of benzene rings is 1. The topological polar surface area (TPSA) is 72.9 Å². The van der Waals surface area contributed by atoms with Crippen LogP contribution in [0.15, 0.2) is 30.5 Å². The maximum absolute atomic E-state index is 11.2. The molecule has 1 N–H and O–H groups in total. The number of carbonyl (C=O) groups is 1. The molecular weight excluding hydrogens is 369 g/mol. The second kappa shape index (κ2) is 6.53. The number of hydrogen-bond donors (Lipinski definition) is 1. The zero-order valence-corrected chi connectivity index (χ0v) is 15.4. The average Bonchev–Trinajstić information content (AvgIpc) is 3.15. The minimum Gasteiger partial charge on any atom is -0.481 e. The van der Waals surface area contributed by atoms with Crippen molar-refractivity contribution in [3.8, 4) is 0 Å². The smallest absolute Gasteiger partial charge is 0.307 e. The van der Waals surface area contributed by atoms with Crippen LogP contribution in [0.3, 0.4) is 0 Å². The molecule has 0 amide bonds. The third-order valence-corrected chi connectivity index (χ3v) is 4.40. The number of para-hydroxylation sites is 1. The Morgan fingerprint density at radius 1 is 1.39 bits per heavy atom. The van der Waals surface area contributed by atoms with E-state index in [1.54, 1.807) is 6.20 Å². The van der Waals surface area contributed by atoms with Gasteiger partial charge in [-0.2, -0.15) is 0 Å². The SMILES string of the molecule is O=C(O)Cc1c2n(c3ccccc13)CC(n1c[c-]nn1)CC2.[Y]. The Morgan fingerprint density at radius 2 is 2.22 bits per heavy atom. The number of carboxylic acid groups (broad SMARTS) is 1. The predicted molar refractivity (Wildman–Crippen MR) is 79.5 cm³/mol. The average molecular weight is 384 g/mol. The van der Waals surface area contributed by atoms with Crippen LogP contribution in [-0.4, -0.2) is 30.6 Å². The second-order valence-corrected chi connectivity index (χ2v) is 5.64. The number of aromatic nitrogens is 4. The fourth-order valence-electron chi connectivity index (χ4n) is 3.46. The molecule has 7 heteroatoms. The van der Waals surface area contributed by atoms with Gasteiger partial charge in [-0.05, 0) is 24.5 Å². The molecule has 115 valence electrons. The maximum Gasteiger partial charge on any atom is 0.307 e. The normalized spacial score (nSPS) is 16.8. The molecular formula is C16H15N4O2Y-. The van der Waals surface area contributed by atoms with Gasteiger partial charge in [0.1, 0.15) is 0 Å². The van der Waals surface area contributed by atoms with Crippen LogP contribution >= 0.6 is 0 Å². The summed E-state index contributed by atoms with van der Waals surface area (Å²) in [6, 6.07) is 8.26. The Morgan fingerprint density at radius 3 is 2.96 bits per heavy atom. The molecule has 0 bridgehead atoms. The van der Waals surface area contributed by atoms with Gasteiger partial charge >= 0.3 is 5.97 Å². The monoisotopic (exact) mass is 384 g/mol. The molecule has 0 spiro atoms. The van der Waals surface area contributed by atoms with Gasteiger partial charge in [0.2, 0.25) is 0 Å². The van der Waals surface area contributed by atoms with Crippen molar-refractivity contribution in [2.75, 3.05) is 0 Å². The fraction of sp³-hybridized carbons (Fsp3) is 0.312. The first-order chi connectivity index (χ1) is 10.7. The fourth-order valence-corrected chi connectivity index (χ4v) is 3.46. The molecule has 0 saturated heterocycles. The Balaban J connectivity index is 0.00000156. The summed E-state index contributed by atoms with van der Waals surface area (Å²) < 4.78 is 4.08. The molecule has 6 nitrogen and oxygen atoms in total. The van der Waals surface area contributed by atoms with Crippen molar-refractivity contribution >= 4 is 16.9 Å². The van der Waals surface area contributed by atoms with Crippen LogP contribution in [0.2, 0.25) is 0 Å². The summed E-state index contributed by atoms with van der Waals surface area (Å²) in [6.07, 6.45) is 6.35. The van der Waals surface area contributed by atoms with Crippen LogP contribution in [0.4, 0.5) is 0 Å². The van der Waals surface area contributed by atoms with E-state index in [2.05, 4.69) is 27.1 Å². The molecule has 1 aromatic carbocycles. The van der Waals surface area contributed by atoms with E-state index in [9.17, 15) is 9.90 Å². The second-order valence-electron chi connectivity index (χ2n) is 5.64. The summed E-state index contributed by atoms with van der Waals surface area (Å²) in [6.45, 7) is 0.784. The number of hydrogen-bond acceptors (Lipinski definition) is 3. The number of carboxylic acids is 1. The Hall–Kier alpha value is -1.53. The predicted octanol–water partition coefficient (Wildman–Crippen LogP) is 1.85. The largest absolute Gasteiger partial charge is 0.481 e. The van der Waals surface area contributed by atoms with Crippen molar-refractivity contribution in [2.45, 2.75) is 31.8 Å². The quantitative estimate of drug-likeness (QED) is 0.700. The first-order valence-electron chi connectivity index (χ1n) is 7.32. The summed E-state index contributed by atoms with van der Waals surface area (Å²) in [5.41, 5.74) is 3.19. The summed E-state index contributed by atoms with van der Waals surface area (Å²) in [5.74, 6) is -0.785. The van der Waals surface area contributed by atoms with Gasteiger partial charge in [-0.1, -0.05) is 18.2 Å². The number of fused-ring (bicyclic) bond motifs is 3. The van der Waals surface area contributed by atoms with Crippen LogP contribution in [-0.2, 0) is 56.9 Å². The van der Waals surface area contributed by atoms with E-state index in [-0.39, 0.29) is 45.2 Å². The number of rotatable bonds is 3. The van der Waals surface area contributed by atoms with Crippen molar-refractivity contribution in [2.24, 2.45) is 0 Å². The van der Waals surface area contributed by atoms with E-state index in [4.69, 9.17) is 0 Å². The minimum absolute atomic E-state index is 0. The molecule has 2 aromatic heterocycles. The van der Waals surface area contributed by atoms with E-state index >= 15 is 0 Å². The summed E-state index contributed by atoms with van der Waals surface area (Å²) >= 11 is 0. The van der Waals surface area contributed by atoms with Gasteiger partial charge in [0.15, 0.2) is 0 Å². The van der Waals surface area contributed by atoms with Gasteiger partial charge in [-0.3, -0.25) is 9.48 Å². The van der Waals surface area contributed by atoms with Crippen molar-refractivity contribution < 1.29 is 42.6 Å². The van der Waals surface area contributed by atoms with Crippen LogP contribution in [0.5, 0.6) is 0 Å². The number of nitrogens with zero attached hydrogens (tertiary/aromatic N) is 4. The number of aliphatic carboxylic acids is 1. The van der Waals surface area contributed by atoms with Crippen molar-refractivity contribution in [1.29, 1.82) is 0 Å². The van der Waals surface area contributed by atoms with Gasteiger partial charge in [-0.25, -0.2) is 0 Å². The molecule has 1 radical (unpaired) electrons. The molecule has 1 aliphatic heterocycles. The molecule has 3 heterocycles. The molecule has 3 aromatic rings. The summed E-state index contributed by atoms with van der Waals surface area (Å²) in [7, 11) is 0. The van der Waals surface area contributed by atoms with Gasteiger partial charge in [0.05, 0.1) is 12.5 Å². The van der Waals surface area contributed by atoms with Crippen LogP contribution in [0.1, 0.15) is 23.7 Å². The maximum atomic E-state index is 11.2. The van der Waals surface area contributed by atoms with Gasteiger partial charge < -0.3 is 21.0 Å².